The third kappa shape index (κ3) is 2.88. The summed E-state index contributed by atoms with van der Waals surface area (Å²) in [6, 6.07) is 4.25. The van der Waals surface area contributed by atoms with E-state index in [0.717, 1.165) is 25.9 Å². The lowest BCUT2D eigenvalue weighted by Crippen LogP contribution is -2.44. The van der Waals surface area contributed by atoms with Crippen molar-refractivity contribution < 1.29 is 9.13 Å². The van der Waals surface area contributed by atoms with E-state index in [4.69, 9.17) is 10.5 Å². The zero-order valence-electron chi connectivity index (χ0n) is 10.4. The number of nitrogens with zero attached hydrogens (tertiary/aromatic N) is 1. The van der Waals surface area contributed by atoms with Crippen molar-refractivity contribution in [3.05, 3.63) is 24.0 Å². The summed E-state index contributed by atoms with van der Waals surface area (Å²) < 4.78 is 19.1. The smallest absolute Gasteiger partial charge is 0.145 e. The molecule has 0 radical (unpaired) electrons. The summed E-state index contributed by atoms with van der Waals surface area (Å²) >= 11 is 0. The van der Waals surface area contributed by atoms with Crippen LogP contribution in [0.5, 0.6) is 5.75 Å². The van der Waals surface area contributed by atoms with Crippen molar-refractivity contribution in [2.45, 2.75) is 25.4 Å². The van der Waals surface area contributed by atoms with Gasteiger partial charge in [-0.3, -0.25) is 0 Å². The van der Waals surface area contributed by atoms with E-state index in [2.05, 4.69) is 18.9 Å². The molecule has 0 aliphatic carbocycles. The lowest BCUT2D eigenvalue weighted by Gasteiger charge is -2.38. The molecule has 3 nitrogen and oxygen atoms in total. The maximum atomic E-state index is 13.1. The molecule has 1 aliphatic heterocycles. The summed E-state index contributed by atoms with van der Waals surface area (Å²) in [6.45, 7) is 4.04. The van der Waals surface area contributed by atoms with Crippen molar-refractivity contribution in [2.24, 2.45) is 0 Å². The molecule has 0 unspecified atom stereocenters. The quantitative estimate of drug-likeness (QED) is 0.803. The molecule has 17 heavy (non-hydrogen) atoms. The fraction of sp³-hybridized carbons (Fsp3) is 0.538. The maximum Gasteiger partial charge on any atom is 0.145 e. The number of ether oxygens (including phenoxy) is 1. The molecule has 0 aromatic heterocycles. The predicted octanol–water partition coefficient (Wildman–Crippen LogP) is 2.27. The number of likely N-dealkylation sites (tertiary alicyclic amines) is 1. The molecule has 4 heteroatoms. The van der Waals surface area contributed by atoms with Crippen LogP contribution in [-0.4, -0.2) is 30.6 Å². The molecule has 1 saturated heterocycles. The number of halogens is 1. The van der Waals surface area contributed by atoms with Gasteiger partial charge in [0, 0.05) is 19.2 Å². The van der Waals surface area contributed by atoms with Crippen LogP contribution in [0.2, 0.25) is 0 Å². The molecule has 0 amide bonds. The third-order valence-electron chi connectivity index (χ3n) is 3.38. The van der Waals surface area contributed by atoms with E-state index in [1.165, 1.54) is 12.1 Å². The third-order valence-corrected chi connectivity index (χ3v) is 3.38. The Balaban J connectivity index is 2.12. The van der Waals surface area contributed by atoms with Crippen LogP contribution in [0.4, 0.5) is 10.1 Å². The molecule has 1 aliphatic rings. The minimum atomic E-state index is -0.314. The molecule has 94 valence electrons. The normalized spacial score (nSPS) is 20.2. The molecule has 1 fully saturated rings. The molecule has 2 rings (SSSR count). The van der Waals surface area contributed by atoms with Crippen molar-refractivity contribution in [1.29, 1.82) is 0 Å². The van der Waals surface area contributed by atoms with Gasteiger partial charge in [-0.2, -0.15) is 0 Å². The highest BCUT2D eigenvalue weighted by Gasteiger charge is 2.31. The molecule has 0 saturated carbocycles. The fourth-order valence-corrected chi connectivity index (χ4v) is 2.06. The van der Waals surface area contributed by atoms with Gasteiger partial charge in [0.05, 0.1) is 5.69 Å². The van der Waals surface area contributed by atoms with E-state index in [-0.39, 0.29) is 11.4 Å². The van der Waals surface area contributed by atoms with Crippen molar-refractivity contribution >= 4 is 5.69 Å². The van der Waals surface area contributed by atoms with Gasteiger partial charge >= 0.3 is 0 Å². The molecular weight excluding hydrogens is 219 g/mol. The van der Waals surface area contributed by atoms with Crippen molar-refractivity contribution in [2.75, 3.05) is 25.9 Å². The zero-order valence-corrected chi connectivity index (χ0v) is 10.4. The first-order valence-electron chi connectivity index (χ1n) is 5.91. The Morgan fingerprint density at radius 3 is 2.65 bits per heavy atom. The zero-order chi connectivity index (χ0) is 12.5. The second kappa shape index (κ2) is 4.53. The molecule has 0 spiro atoms. The first-order chi connectivity index (χ1) is 7.98. The van der Waals surface area contributed by atoms with E-state index in [1.807, 2.05) is 0 Å². The summed E-state index contributed by atoms with van der Waals surface area (Å²) in [4.78, 5) is 2.26. The SMILES string of the molecule is CN1CCC(C)(Oc2cc(F)ccc2N)CC1. The highest BCUT2D eigenvalue weighted by molar-refractivity contribution is 5.52. The molecule has 1 aromatic rings. The van der Waals surface area contributed by atoms with Crippen LogP contribution in [0.3, 0.4) is 0 Å². The van der Waals surface area contributed by atoms with Crippen LogP contribution >= 0.6 is 0 Å². The van der Waals surface area contributed by atoms with Gasteiger partial charge in [0.15, 0.2) is 0 Å². The number of rotatable bonds is 2. The Morgan fingerprint density at radius 2 is 2.00 bits per heavy atom. The Bertz CT molecular complexity index is 400. The Labute approximate surface area is 101 Å². The summed E-state index contributed by atoms with van der Waals surface area (Å²) in [5.74, 6) is 0.141. The molecule has 2 N–H and O–H groups in total. The number of benzene rings is 1. The number of hydrogen-bond donors (Lipinski definition) is 1. The van der Waals surface area contributed by atoms with E-state index in [9.17, 15) is 4.39 Å². The highest BCUT2D eigenvalue weighted by Crippen LogP contribution is 2.31. The van der Waals surface area contributed by atoms with Crippen LogP contribution < -0.4 is 10.5 Å². The largest absolute Gasteiger partial charge is 0.485 e. The Kier molecular flexibility index (Phi) is 3.24. The van der Waals surface area contributed by atoms with E-state index in [0.29, 0.717) is 11.4 Å². The van der Waals surface area contributed by atoms with Gasteiger partial charge in [0.25, 0.3) is 0 Å². The van der Waals surface area contributed by atoms with Crippen LogP contribution in [0.15, 0.2) is 18.2 Å². The molecule has 1 aromatic carbocycles. The van der Waals surface area contributed by atoms with Gasteiger partial charge in [-0.15, -0.1) is 0 Å². The summed E-state index contributed by atoms with van der Waals surface area (Å²) in [5, 5.41) is 0. The first kappa shape index (κ1) is 12.2. The van der Waals surface area contributed by atoms with E-state index in [1.54, 1.807) is 6.07 Å². The van der Waals surface area contributed by atoms with Crippen LogP contribution in [0.25, 0.3) is 0 Å². The Hall–Kier alpha value is -1.29. The molecule has 1 heterocycles. The highest BCUT2D eigenvalue weighted by atomic mass is 19.1. The summed E-state index contributed by atoms with van der Waals surface area (Å²) in [7, 11) is 2.09. The Morgan fingerprint density at radius 1 is 1.35 bits per heavy atom. The second-order valence-electron chi connectivity index (χ2n) is 5.04. The lowest BCUT2D eigenvalue weighted by molar-refractivity contribution is 0.0245. The standard InChI is InChI=1S/C13H19FN2O/c1-13(5-7-16(2)8-6-13)17-12-9-10(14)3-4-11(12)15/h3-4,9H,5-8,15H2,1-2H3. The van der Waals surface area contributed by atoms with Crippen LogP contribution in [0.1, 0.15) is 19.8 Å². The van der Waals surface area contributed by atoms with Gasteiger partial charge in [0.1, 0.15) is 17.2 Å². The monoisotopic (exact) mass is 238 g/mol. The minimum Gasteiger partial charge on any atom is -0.485 e. The molecule has 0 bridgehead atoms. The average molecular weight is 238 g/mol. The summed E-state index contributed by atoms with van der Waals surface area (Å²) in [6.07, 6.45) is 1.86. The lowest BCUT2D eigenvalue weighted by atomic mass is 9.93. The number of piperidine rings is 1. The van der Waals surface area contributed by atoms with Crippen molar-refractivity contribution in [3.63, 3.8) is 0 Å². The molecule has 0 atom stereocenters. The van der Waals surface area contributed by atoms with Gasteiger partial charge in [-0.1, -0.05) is 0 Å². The fourth-order valence-electron chi connectivity index (χ4n) is 2.06. The van der Waals surface area contributed by atoms with Crippen molar-refractivity contribution in [3.8, 4) is 5.75 Å². The van der Waals surface area contributed by atoms with Gasteiger partial charge in [-0.25, -0.2) is 4.39 Å². The topological polar surface area (TPSA) is 38.5 Å². The minimum absolute atomic E-state index is 0.242. The number of anilines is 1. The summed E-state index contributed by atoms with van der Waals surface area (Å²) in [5.41, 5.74) is 6.04. The first-order valence-corrected chi connectivity index (χ1v) is 5.91. The van der Waals surface area contributed by atoms with Crippen LogP contribution in [0, 0.1) is 5.82 Å². The van der Waals surface area contributed by atoms with Crippen molar-refractivity contribution in [1.82, 2.24) is 4.90 Å². The number of nitrogens with two attached hydrogens (primary N) is 1. The average Bonchev–Trinajstić information content (AvgIpc) is 2.28. The van der Waals surface area contributed by atoms with Gasteiger partial charge in [0.2, 0.25) is 0 Å². The van der Waals surface area contributed by atoms with Gasteiger partial charge in [-0.05, 0) is 38.9 Å². The maximum absolute atomic E-state index is 13.1. The number of nitrogen functional groups attached to an aromatic ring is 1. The van der Waals surface area contributed by atoms with Gasteiger partial charge < -0.3 is 15.4 Å². The second-order valence-corrected chi connectivity index (χ2v) is 5.04. The van der Waals surface area contributed by atoms with E-state index >= 15 is 0 Å². The molecular formula is C13H19FN2O. The van der Waals surface area contributed by atoms with E-state index < -0.39 is 0 Å². The number of hydrogen-bond acceptors (Lipinski definition) is 3. The predicted molar refractivity (Wildman–Crippen MR) is 66.6 cm³/mol. The van der Waals surface area contributed by atoms with Crippen LogP contribution in [-0.2, 0) is 0 Å².